The van der Waals surface area contributed by atoms with E-state index in [-0.39, 0.29) is 28.5 Å². The summed E-state index contributed by atoms with van der Waals surface area (Å²) in [7, 11) is 0. The van der Waals surface area contributed by atoms with Gasteiger partial charge < -0.3 is 9.72 Å². The number of halogens is 4. The van der Waals surface area contributed by atoms with Gasteiger partial charge in [0.25, 0.3) is 0 Å². The number of hydrogen-bond acceptors (Lipinski definition) is 5. The normalized spacial score (nSPS) is 26.0. The van der Waals surface area contributed by atoms with E-state index in [0.29, 0.717) is 18.9 Å². The lowest BCUT2D eigenvalue weighted by Gasteiger charge is -2.41. The smallest absolute Gasteiger partial charge is 0.378 e. The third-order valence-corrected chi connectivity index (χ3v) is 7.35. The average molecular weight is 520 g/mol. The van der Waals surface area contributed by atoms with Crippen LogP contribution in [0.15, 0.2) is 18.5 Å². The molecule has 1 aliphatic heterocycles. The maximum absolute atomic E-state index is 12.9. The van der Waals surface area contributed by atoms with E-state index in [1.807, 2.05) is 21.6 Å². The molecule has 3 atom stereocenters. The number of fused-ring (bicyclic) bond motifs is 3. The fraction of sp³-hybridized carbons (Fsp3) is 0.611. The van der Waals surface area contributed by atoms with Crippen molar-refractivity contribution in [3.63, 3.8) is 0 Å². The van der Waals surface area contributed by atoms with Gasteiger partial charge >= 0.3 is 6.18 Å². The van der Waals surface area contributed by atoms with Crippen molar-refractivity contribution < 1.29 is 17.9 Å². The molecule has 29 heavy (non-hydrogen) atoms. The molecule has 0 radical (unpaired) electrons. The highest BCUT2D eigenvalue weighted by Crippen LogP contribution is 2.42. The fourth-order valence-corrected chi connectivity index (χ4v) is 5.67. The van der Waals surface area contributed by atoms with Gasteiger partial charge in [0.15, 0.2) is 11.3 Å². The van der Waals surface area contributed by atoms with Crippen LogP contribution in [0.25, 0.3) is 16.8 Å². The van der Waals surface area contributed by atoms with E-state index >= 15 is 0 Å². The van der Waals surface area contributed by atoms with Crippen molar-refractivity contribution in [1.29, 1.82) is 0 Å². The zero-order valence-corrected chi connectivity index (χ0v) is 17.6. The average Bonchev–Trinajstić information content (AvgIpc) is 3.32. The second kappa shape index (κ2) is 7.34. The summed E-state index contributed by atoms with van der Waals surface area (Å²) in [6.07, 6.45) is 0.161. The highest BCUT2D eigenvalue weighted by Gasteiger charge is 2.43. The summed E-state index contributed by atoms with van der Waals surface area (Å²) < 4.78 is 46.2. The lowest BCUT2D eigenvalue weighted by molar-refractivity contribution is -0.149. The van der Waals surface area contributed by atoms with E-state index in [4.69, 9.17) is 4.74 Å². The first-order valence-electron chi connectivity index (χ1n) is 9.62. The van der Waals surface area contributed by atoms with Gasteiger partial charge in [0, 0.05) is 28.6 Å². The zero-order valence-electron chi connectivity index (χ0n) is 15.4. The second-order valence-corrected chi connectivity index (χ2v) is 9.36. The minimum Gasteiger partial charge on any atom is -0.378 e. The molecule has 3 aromatic rings. The molecule has 0 unspecified atom stereocenters. The van der Waals surface area contributed by atoms with E-state index in [9.17, 15) is 13.2 Å². The highest BCUT2D eigenvalue weighted by molar-refractivity contribution is 14.1. The predicted octanol–water partition coefficient (Wildman–Crippen LogP) is 3.31. The number of aromatic amines is 1. The summed E-state index contributed by atoms with van der Waals surface area (Å²) in [5.74, 6) is 0.972. The van der Waals surface area contributed by atoms with E-state index in [1.165, 1.54) is 0 Å². The topological polar surface area (TPSA) is 71.3 Å². The SMILES string of the molecule is FC(F)(F)CCN(C1COC1)[C@H]1C[C@@H](I)[C@@H](c2nnc3cnc4[nH]ccc4n23)C1. The number of nitrogens with zero attached hydrogens (tertiary/aromatic N) is 5. The molecule has 0 spiro atoms. The summed E-state index contributed by atoms with van der Waals surface area (Å²) in [6, 6.07) is 2.09. The van der Waals surface area contributed by atoms with Crippen molar-refractivity contribution in [3.8, 4) is 0 Å². The molecule has 156 valence electrons. The first kappa shape index (κ1) is 19.5. The Morgan fingerprint density at radius 3 is 2.79 bits per heavy atom. The summed E-state index contributed by atoms with van der Waals surface area (Å²) in [5, 5.41) is 8.73. The number of H-pyrrole nitrogens is 1. The molecule has 7 nitrogen and oxygen atoms in total. The minimum absolute atomic E-state index is 0.0187. The van der Waals surface area contributed by atoms with Gasteiger partial charge in [0.05, 0.1) is 37.4 Å². The van der Waals surface area contributed by atoms with Crippen LogP contribution in [-0.4, -0.2) is 71.4 Å². The van der Waals surface area contributed by atoms with Gasteiger partial charge in [-0.15, -0.1) is 10.2 Å². The molecule has 1 saturated heterocycles. The molecule has 11 heteroatoms. The molecular formula is C18H20F3IN6O. The predicted molar refractivity (Wildman–Crippen MR) is 108 cm³/mol. The molecule has 2 aliphatic rings. The molecule has 2 fully saturated rings. The second-order valence-electron chi connectivity index (χ2n) is 7.76. The van der Waals surface area contributed by atoms with Crippen molar-refractivity contribution in [2.24, 2.45) is 0 Å². The van der Waals surface area contributed by atoms with Crippen molar-refractivity contribution in [3.05, 3.63) is 24.3 Å². The number of hydrogen-bond donors (Lipinski definition) is 1. The quantitative estimate of drug-likeness (QED) is 0.413. The Bertz CT molecular complexity index is 1020. The molecule has 0 aromatic carbocycles. The summed E-state index contributed by atoms with van der Waals surface area (Å²) in [4.78, 5) is 9.46. The summed E-state index contributed by atoms with van der Waals surface area (Å²) in [6.45, 7) is 1.04. The molecular weight excluding hydrogens is 500 g/mol. The van der Waals surface area contributed by atoms with Crippen LogP contribution in [0.1, 0.15) is 31.0 Å². The van der Waals surface area contributed by atoms with Gasteiger partial charge in [0.2, 0.25) is 0 Å². The summed E-state index contributed by atoms with van der Waals surface area (Å²) in [5.41, 5.74) is 2.35. The Morgan fingerprint density at radius 2 is 2.07 bits per heavy atom. The van der Waals surface area contributed by atoms with Crippen LogP contribution in [0.4, 0.5) is 13.2 Å². The number of aromatic nitrogens is 5. The third-order valence-electron chi connectivity index (χ3n) is 5.97. The number of ether oxygens (including phenoxy) is 1. The molecule has 1 aliphatic carbocycles. The molecule has 0 amide bonds. The monoisotopic (exact) mass is 520 g/mol. The van der Waals surface area contributed by atoms with Gasteiger partial charge in [-0.25, -0.2) is 4.98 Å². The molecule has 1 N–H and O–H groups in total. The number of rotatable bonds is 5. The number of alkyl halides is 4. The van der Waals surface area contributed by atoms with Crippen LogP contribution < -0.4 is 0 Å². The van der Waals surface area contributed by atoms with E-state index in [2.05, 4.69) is 42.8 Å². The fourth-order valence-electron chi connectivity index (χ4n) is 4.47. The van der Waals surface area contributed by atoms with Crippen molar-refractivity contribution in [1.82, 2.24) is 29.5 Å². The van der Waals surface area contributed by atoms with Gasteiger partial charge in [0.1, 0.15) is 5.82 Å². The Hall–Kier alpha value is -1.47. The van der Waals surface area contributed by atoms with Crippen molar-refractivity contribution >= 4 is 39.4 Å². The van der Waals surface area contributed by atoms with Crippen molar-refractivity contribution in [2.75, 3.05) is 19.8 Å². The molecule has 5 rings (SSSR count). The number of nitrogens with one attached hydrogen (secondary N) is 1. The molecule has 4 heterocycles. The van der Waals surface area contributed by atoms with Gasteiger partial charge in [-0.05, 0) is 18.9 Å². The van der Waals surface area contributed by atoms with Crippen LogP contribution in [-0.2, 0) is 4.74 Å². The third kappa shape index (κ3) is 3.61. The van der Waals surface area contributed by atoms with Crippen LogP contribution in [0.2, 0.25) is 0 Å². The first-order valence-corrected chi connectivity index (χ1v) is 10.9. The standard InChI is InChI=1S/C18H20F3IN6O/c19-18(20,21)2-4-27(11-8-29-9-11)10-5-12(13(22)6-10)17-26-25-15-7-24-16-14(28(15)17)1-3-23-16/h1,3,7,10-13,23H,2,4-6,8-9H2/t10-,12+,13-/m1/s1. The zero-order chi connectivity index (χ0) is 20.2. The van der Waals surface area contributed by atoms with E-state index < -0.39 is 12.6 Å². The van der Waals surface area contributed by atoms with Crippen LogP contribution in [0, 0.1) is 0 Å². The maximum Gasteiger partial charge on any atom is 0.390 e. The lowest BCUT2D eigenvalue weighted by atomic mass is 10.0. The minimum atomic E-state index is -4.15. The Morgan fingerprint density at radius 1 is 1.24 bits per heavy atom. The van der Waals surface area contributed by atoms with Crippen molar-refractivity contribution in [2.45, 2.75) is 47.4 Å². The Balaban J connectivity index is 1.43. The Kier molecular flexibility index (Phi) is 4.93. The lowest BCUT2D eigenvalue weighted by Crippen LogP contribution is -2.53. The van der Waals surface area contributed by atoms with Crippen LogP contribution >= 0.6 is 22.6 Å². The van der Waals surface area contributed by atoms with Crippen LogP contribution in [0.5, 0.6) is 0 Å². The molecule has 0 bridgehead atoms. The Labute approximate surface area is 178 Å². The van der Waals surface area contributed by atoms with E-state index in [0.717, 1.165) is 29.8 Å². The maximum atomic E-state index is 12.9. The highest BCUT2D eigenvalue weighted by atomic mass is 127. The molecule has 1 saturated carbocycles. The summed E-state index contributed by atoms with van der Waals surface area (Å²) >= 11 is 2.41. The van der Waals surface area contributed by atoms with Gasteiger partial charge in [-0.3, -0.25) is 9.30 Å². The first-order chi connectivity index (χ1) is 13.9. The van der Waals surface area contributed by atoms with Gasteiger partial charge in [-0.2, -0.15) is 13.2 Å². The molecule has 3 aromatic heterocycles. The largest absolute Gasteiger partial charge is 0.390 e. The van der Waals surface area contributed by atoms with Gasteiger partial charge in [-0.1, -0.05) is 22.6 Å². The van der Waals surface area contributed by atoms with Crippen LogP contribution in [0.3, 0.4) is 0 Å². The van der Waals surface area contributed by atoms with E-state index in [1.54, 1.807) is 6.20 Å².